The summed E-state index contributed by atoms with van der Waals surface area (Å²) in [5.74, 6) is 0.0266. The molecule has 0 saturated heterocycles. The number of carbonyl (C=O) groups is 4. The minimum Gasteiger partial charge on any atom is -0.444 e. The van der Waals surface area contributed by atoms with E-state index in [1.807, 2.05) is 90.1 Å². The summed E-state index contributed by atoms with van der Waals surface area (Å²) < 4.78 is 10.5. The highest BCUT2D eigenvalue weighted by molar-refractivity contribution is 5.98. The average molecular weight is 621 g/mol. The van der Waals surface area contributed by atoms with Crippen LogP contribution in [0.3, 0.4) is 0 Å². The zero-order valence-corrected chi connectivity index (χ0v) is 27.4. The van der Waals surface area contributed by atoms with Gasteiger partial charge in [0.25, 0.3) is 0 Å². The molecule has 45 heavy (non-hydrogen) atoms. The molecule has 3 aliphatic rings. The summed E-state index contributed by atoms with van der Waals surface area (Å²) in [6.45, 7) is 11.7. The third-order valence-corrected chi connectivity index (χ3v) is 8.55. The largest absolute Gasteiger partial charge is 0.444 e. The molecule has 5 rings (SSSR count). The first-order valence-electron chi connectivity index (χ1n) is 15.8. The molecule has 0 aromatic heterocycles. The van der Waals surface area contributed by atoms with E-state index in [1.165, 1.54) is 0 Å². The third kappa shape index (κ3) is 9.45. The summed E-state index contributed by atoms with van der Waals surface area (Å²) in [4.78, 5) is 50.6. The first-order chi connectivity index (χ1) is 21.1. The van der Waals surface area contributed by atoms with Crippen LogP contribution in [0.1, 0.15) is 91.2 Å². The zero-order chi connectivity index (χ0) is 32.9. The Labute approximate surface area is 266 Å². The van der Waals surface area contributed by atoms with Crippen LogP contribution in [-0.4, -0.2) is 41.7 Å². The van der Waals surface area contributed by atoms with Crippen LogP contribution in [0.4, 0.5) is 21.0 Å². The van der Waals surface area contributed by atoms with Gasteiger partial charge in [0.05, 0.1) is 0 Å². The Kier molecular flexibility index (Phi) is 10.1. The van der Waals surface area contributed by atoms with E-state index >= 15 is 0 Å². The van der Waals surface area contributed by atoms with Crippen LogP contribution >= 0.6 is 0 Å². The Morgan fingerprint density at radius 1 is 0.600 bits per heavy atom. The Balaban J connectivity index is 1.22. The van der Waals surface area contributed by atoms with Gasteiger partial charge in [-0.25, -0.2) is 9.59 Å². The zero-order valence-electron chi connectivity index (χ0n) is 27.4. The Hall–Kier alpha value is -4.08. The number of rotatable bonds is 9. The highest BCUT2D eigenvalue weighted by Gasteiger charge is 2.55. The number of amides is 4. The molecule has 3 aliphatic carbocycles. The van der Waals surface area contributed by atoms with Crippen molar-refractivity contribution >= 4 is 35.4 Å². The normalized spacial score (nSPS) is 20.9. The molecule has 244 valence electrons. The van der Waals surface area contributed by atoms with Gasteiger partial charge >= 0.3 is 12.2 Å². The van der Waals surface area contributed by atoms with Crippen LogP contribution in [0, 0.1) is 10.8 Å². The fourth-order valence-corrected chi connectivity index (χ4v) is 5.97. The molecule has 3 saturated carbocycles. The number of hydrogen-bond acceptors (Lipinski definition) is 6. The molecule has 0 heterocycles. The highest BCUT2D eigenvalue weighted by Crippen LogP contribution is 2.57. The third-order valence-electron chi connectivity index (χ3n) is 8.55. The van der Waals surface area contributed by atoms with Gasteiger partial charge in [-0.1, -0.05) is 24.3 Å². The van der Waals surface area contributed by atoms with E-state index in [2.05, 4.69) is 21.3 Å². The molecule has 0 spiro atoms. The van der Waals surface area contributed by atoms with E-state index in [0.717, 1.165) is 16.8 Å². The van der Waals surface area contributed by atoms with Gasteiger partial charge in [0, 0.05) is 35.3 Å². The maximum absolute atomic E-state index is 13.4. The second-order valence-corrected chi connectivity index (χ2v) is 14.4. The maximum atomic E-state index is 13.4. The van der Waals surface area contributed by atoms with Crippen LogP contribution in [0.15, 0.2) is 48.5 Å². The molecular formula is C35H48N4O6. The van der Waals surface area contributed by atoms with Gasteiger partial charge in [-0.3, -0.25) is 9.59 Å². The SMILES string of the molecule is CC(C)(C)OC(=O)NCCc1ccc(NC(=O)C23CCC(C(=O)Nc4ccc(CNC(=O)OC(C)(C)C)cc4)(CC2)CC3)cc1. The van der Waals surface area contributed by atoms with Gasteiger partial charge < -0.3 is 30.7 Å². The minimum atomic E-state index is -0.558. The van der Waals surface area contributed by atoms with Gasteiger partial charge in [0.15, 0.2) is 0 Å². The summed E-state index contributed by atoms with van der Waals surface area (Å²) in [5, 5.41) is 11.7. The molecule has 2 aromatic carbocycles. The van der Waals surface area contributed by atoms with Gasteiger partial charge in [-0.15, -0.1) is 0 Å². The van der Waals surface area contributed by atoms with E-state index in [1.54, 1.807) is 0 Å². The molecular weight excluding hydrogens is 572 g/mol. The quantitative estimate of drug-likeness (QED) is 0.247. The second kappa shape index (κ2) is 13.5. The van der Waals surface area contributed by atoms with Crippen molar-refractivity contribution in [2.45, 2.75) is 104 Å². The number of benzene rings is 2. The van der Waals surface area contributed by atoms with E-state index < -0.39 is 34.2 Å². The van der Waals surface area contributed by atoms with Crippen molar-refractivity contribution in [1.29, 1.82) is 0 Å². The number of ether oxygens (including phenoxy) is 2. The van der Waals surface area contributed by atoms with E-state index in [-0.39, 0.29) is 11.8 Å². The van der Waals surface area contributed by atoms with Gasteiger partial charge in [0.1, 0.15) is 11.2 Å². The number of alkyl carbamates (subject to hydrolysis) is 2. The van der Waals surface area contributed by atoms with Crippen molar-refractivity contribution in [3.63, 3.8) is 0 Å². The number of anilines is 2. The predicted octanol–water partition coefficient (Wildman–Crippen LogP) is 6.70. The maximum Gasteiger partial charge on any atom is 0.407 e. The van der Waals surface area contributed by atoms with Gasteiger partial charge in [-0.2, -0.15) is 0 Å². The lowest BCUT2D eigenvalue weighted by atomic mass is 9.53. The fraction of sp³-hybridized carbons (Fsp3) is 0.543. The van der Waals surface area contributed by atoms with Crippen LogP contribution in [0.5, 0.6) is 0 Å². The van der Waals surface area contributed by atoms with Crippen LogP contribution in [0.25, 0.3) is 0 Å². The molecule has 0 radical (unpaired) electrons. The standard InChI is InChI=1S/C35H48N4O6/c1-32(2,3)44-30(42)36-22-15-24-7-11-26(12-8-24)38-28(40)34-16-19-35(20-17-34,21-18-34)29(41)39-27-13-9-25(10-14-27)23-37-31(43)45-33(4,5)6/h7-14H,15-23H2,1-6H3,(H,36,42)(H,37,43)(H,38,40)(H,39,41). The molecule has 0 aliphatic heterocycles. The first-order valence-corrected chi connectivity index (χ1v) is 15.8. The summed E-state index contributed by atoms with van der Waals surface area (Å²) >= 11 is 0. The van der Waals surface area contributed by atoms with Crippen molar-refractivity contribution in [3.8, 4) is 0 Å². The lowest BCUT2D eigenvalue weighted by Gasteiger charge is -2.51. The summed E-state index contributed by atoms with van der Waals surface area (Å²) in [7, 11) is 0. The van der Waals surface area contributed by atoms with Crippen molar-refractivity contribution in [1.82, 2.24) is 10.6 Å². The Bertz CT molecular complexity index is 1350. The Morgan fingerprint density at radius 2 is 0.978 bits per heavy atom. The summed E-state index contributed by atoms with van der Waals surface area (Å²) in [6.07, 6.45) is 3.79. The molecule has 10 nitrogen and oxygen atoms in total. The highest BCUT2D eigenvalue weighted by atomic mass is 16.6. The molecule has 4 amide bonds. The molecule has 2 aromatic rings. The van der Waals surface area contributed by atoms with Gasteiger partial charge in [0.2, 0.25) is 11.8 Å². The monoisotopic (exact) mass is 620 g/mol. The fourth-order valence-electron chi connectivity index (χ4n) is 5.97. The van der Waals surface area contributed by atoms with Crippen molar-refractivity contribution in [2.75, 3.05) is 17.2 Å². The molecule has 0 unspecified atom stereocenters. The van der Waals surface area contributed by atoms with E-state index in [0.29, 0.717) is 63.7 Å². The summed E-state index contributed by atoms with van der Waals surface area (Å²) in [6, 6.07) is 15.1. The predicted molar refractivity (Wildman–Crippen MR) is 174 cm³/mol. The number of nitrogens with one attached hydrogen (secondary N) is 4. The number of hydrogen-bond donors (Lipinski definition) is 4. The van der Waals surface area contributed by atoms with Crippen LogP contribution in [-0.2, 0) is 32.0 Å². The Morgan fingerprint density at radius 3 is 1.38 bits per heavy atom. The van der Waals surface area contributed by atoms with Crippen molar-refractivity contribution in [3.05, 3.63) is 59.7 Å². The van der Waals surface area contributed by atoms with E-state index in [4.69, 9.17) is 9.47 Å². The van der Waals surface area contributed by atoms with Gasteiger partial charge in [-0.05, 0) is 122 Å². The van der Waals surface area contributed by atoms with E-state index in [9.17, 15) is 19.2 Å². The molecule has 0 atom stereocenters. The molecule has 4 N–H and O–H groups in total. The lowest BCUT2D eigenvalue weighted by Crippen LogP contribution is -2.52. The topological polar surface area (TPSA) is 135 Å². The summed E-state index contributed by atoms with van der Waals surface area (Å²) in [5.41, 5.74) is 1.37. The van der Waals surface area contributed by atoms with Crippen LogP contribution in [0.2, 0.25) is 0 Å². The average Bonchev–Trinajstić information content (AvgIpc) is 2.97. The molecule has 3 fully saturated rings. The smallest absolute Gasteiger partial charge is 0.407 e. The van der Waals surface area contributed by atoms with Crippen LogP contribution < -0.4 is 21.3 Å². The van der Waals surface area contributed by atoms with Crippen molar-refractivity contribution < 1.29 is 28.7 Å². The number of fused-ring (bicyclic) bond motifs is 3. The first kappa shape index (κ1) is 33.8. The minimum absolute atomic E-state index is 0.00702. The lowest BCUT2D eigenvalue weighted by molar-refractivity contribution is -0.144. The van der Waals surface area contributed by atoms with Crippen molar-refractivity contribution in [2.24, 2.45) is 10.8 Å². The molecule has 2 bridgehead atoms. The second-order valence-electron chi connectivity index (χ2n) is 14.4. The number of carbonyl (C=O) groups excluding carboxylic acids is 4. The molecule has 10 heteroatoms.